The monoisotopic (exact) mass is 400 g/mol. The molecule has 0 N–H and O–H groups in total. The molecule has 1 saturated heterocycles. The number of hydrogen-bond donors (Lipinski definition) is 0. The molecule has 0 radical (unpaired) electrons. The van der Waals surface area contributed by atoms with Gasteiger partial charge in [-0.3, -0.25) is 9.69 Å². The highest BCUT2D eigenvalue weighted by Crippen LogP contribution is 2.22. The molecule has 2 unspecified atom stereocenters. The fourth-order valence-electron chi connectivity index (χ4n) is 3.71. The summed E-state index contributed by atoms with van der Waals surface area (Å²) in [7, 11) is 1.38. The van der Waals surface area contributed by atoms with Gasteiger partial charge >= 0.3 is 5.97 Å². The van der Waals surface area contributed by atoms with Gasteiger partial charge in [-0.1, -0.05) is 29.8 Å². The number of halogens is 1. The lowest BCUT2D eigenvalue weighted by atomic mass is 10.0. The summed E-state index contributed by atoms with van der Waals surface area (Å²) in [4.78, 5) is 28.7. The number of benzene rings is 2. The van der Waals surface area contributed by atoms with Gasteiger partial charge in [-0.15, -0.1) is 0 Å². The van der Waals surface area contributed by atoms with E-state index in [0.717, 1.165) is 12.1 Å². The van der Waals surface area contributed by atoms with E-state index in [1.807, 2.05) is 17.0 Å². The predicted molar refractivity (Wildman–Crippen MR) is 110 cm³/mol. The molecular weight excluding hydrogens is 376 g/mol. The van der Waals surface area contributed by atoms with Crippen molar-refractivity contribution in [3.63, 3.8) is 0 Å². The van der Waals surface area contributed by atoms with Gasteiger partial charge in [0.15, 0.2) is 0 Å². The van der Waals surface area contributed by atoms with Gasteiger partial charge in [0, 0.05) is 42.3 Å². The average molecular weight is 401 g/mol. The number of piperazine rings is 1. The molecule has 0 spiro atoms. The average Bonchev–Trinajstić information content (AvgIpc) is 2.70. The number of hydrogen-bond acceptors (Lipinski definition) is 4. The van der Waals surface area contributed by atoms with E-state index >= 15 is 0 Å². The lowest BCUT2D eigenvalue weighted by Gasteiger charge is -2.44. The maximum absolute atomic E-state index is 12.8. The third kappa shape index (κ3) is 4.54. The summed E-state index contributed by atoms with van der Waals surface area (Å²) in [6.45, 7) is 6.36. The van der Waals surface area contributed by atoms with E-state index < -0.39 is 0 Å². The highest BCUT2D eigenvalue weighted by atomic mass is 35.5. The largest absolute Gasteiger partial charge is 0.465 e. The van der Waals surface area contributed by atoms with E-state index in [4.69, 9.17) is 16.3 Å². The molecule has 1 aliphatic heterocycles. The molecule has 1 fully saturated rings. The van der Waals surface area contributed by atoms with Crippen molar-refractivity contribution in [1.29, 1.82) is 0 Å². The van der Waals surface area contributed by atoms with Crippen molar-refractivity contribution in [1.82, 2.24) is 9.80 Å². The summed E-state index contributed by atoms with van der Waals surface area (Å²) < 4.78 is 4.74. The number of amides is 1. The van der Waals surface area contributed by atoms with Crippen LogP contribution in [-0.4, -0.2) is 54.0 Å². The van der Waals surface area contributed by atoms with E-state index in [1.54, 1.807) is 36.4 Å². The zero-order chi connectivity index (χ0) is 20.3. The van der Waals surface area contributed by atoms with Crippen molar-refractivity contribution in [2.45, 2.75) is 32.5 Å². The van der Waals surface area contributed by atoms with Gasteiger partial charge in [0.1, 0.15) is 0 Å². The summed E-state index contributed by atoms with van der Waals surface area (Å²) in [6.07, 6.45) is 0. The fraction of sp³-hybridized carbons (Fsp3) is 0.364. The summed E-state index contributed by atoms with van der Waals surface area (Å²) >= 11 is 6.03. The molecule has 0 aromatic heterocycles. The van der Waals surface area contributed by atoms with Gasteiger partial charge in [0.25, 0.3) is 5.91 Å². The Kier molecular flexibility index (Phi) is 6.37. The maximum atomic E-state index is 12.8. The van der Waals surface area contributed by atoms with Crippen LogP contribution in [0.4, 0.5) is 0 Å². The van der Waals surface area contributed by atoms with Gasteiger partial charge in [-0.2, -0.15) is 0 Å². The lowest BCUT2D eigenvalue weighted by molar-refractivity contribution is 0.0269. The van der Waals surface area contributed by atoms with Crippen molar-refractivity contribution >= 4 is 23.5 Å². The zero-order valence-corrected chi connectivity index (χ0v) is 17.1. The fourth-order valence-corrected chi connectivity index (χ4v) is 3.90. The first kappa shape index (κ1) is 20.4. The zero-order valence-electron chi connectivity index (χ0n) is 16.4. The summed E-state index contributed by atoms with van der Waals surface area (Å²) in [6, 6.07) is 15.0. The molecule has 1 aliphatic rings. The van der Waals surface area contributed by atoms with Crippen molar-refractivity contribution < 1.29 is 14.3 Å². The van der Waals surface area contributed by atoms with Crippen LogP contribution >= 0.6 is 11.6 Å². The minimum Gasteiger partial charge on any atom is -0.465 e. The second kappa shape index (κ2) is 8.76. The van der Waals surface area contributed by atoms with E-state index in [0.29, 0.717) is 29.2 Å². The smallest absolute Gasteiger partial charge is 0.337 e. The SMILES string of the molecule is COC(=O)c1ccc(CN2C(C)CN(C(=O)c3cccc(Cl)c3)CC2C)cc1. The Hall–Kier alpha value is -2.37. The Bertz CT molecular complexity index is 841. The van der Waals surface area contributed by atoms with Crippen LogP contribution in [0.2, 0.25) is 5.02 Å². The van der Waals surface area contributed by atoms with Crippen LogP contribution in [0.1, 0.15) is 40.1 Å². The van der Waals surface area contributed by atoms with E-state index in [1.165, 1.54) is 7.11 Å². The van der Waals surface area contributed by atoms with Crippen molar-refractivity contribution in [2.75, 3.05) is 20.2 Å². The van der Waals surface area contributed by atoms with E-state index in [9.17, 15) is 9.59 Å². The first-order valence-corrected chi connectivity index (χ1v) is 9.74. The van der Waals surface area contributed by atoms with Gasteiger partial charge in [0.05, 0.1) is 12.7 Å². The van der Waals surface area contributed by atoms with Crippen LogP contribution in [0.25, 0.3) is 0 Å². The second-order valence-corrected chi connectivity index (χ2v) is 7.72. The van der Waals surface area contributed by atoms with Crippen LogP contribution in [0.5, 0.6) is 0 Å². The van der Waals surface area contributed by atoms with E-state index in [-0.39, 0.29) is 24.0 Å². The highest BCUT2D eigenvalue weighted by Gasteiger charge is 2.32. The number of carbonyl (C=O) groups excluding carboxylic acids is 2. The first-order chi connectivity index (χ1) is 13.4. The van der Waals surface area contributed by atoms with Crippen molar-refractivity contribution in [3.8, 4) is 0 Å². The molecule has 3 rings (SSSR count). The van der Waals surface area contributed by atoms with Crippen LogP contribution in [0.3, 0.4) is 0 Å². The Morgan fingerprint density at radius 1 is 1.04 bits per heavy atom. The predicted octanol–water partition coefficient (Wildman–Crippen LogP) is 3.86. The third-order valence-corrected chi connectivity index (χ3v) is 5.44. The van der Waals surface area contributed by atoms with Crippen LogP contribution < -0.4 is 0 Å². The number of ether oxygens (including phenoxy) is 1. The molecule has 1 amide bonds. The van der Waals surface area contributed by atoms with Crippen LogP contribution in [-0.2, 0) is 11.3 Å². The summed E-state index contributed by atoms with van der Waals surface area (Å²) in [5.74, 6) is -0.315. The molecule has 2 atom stereocenters. The van der Waals surface area contributed by atoms with Crippen molar-refractivity contribution in [2.24, 2.45) is 0 Å². The quantitative estimate of drug-likeness (QED) is 0.731. The van der Waals surface area contributed by atoms with Crippen LogP contribution in [0, 0.1) is 0 Å². The maximum Gasteiger partial charge on any atom is 0.337 e. The molecule has 28 heavy (non-hydrogen) atoms. The molecule has 1 heterocycles. The minimum absolute atomic E-state index is 0.0169. The molecule has 0 saturated carbocycles. The molecule has 0 aliphatic carbocycles. The summed E-state index contributed by atoms with van der Waals surface area (Å²) in [5, 5.41) is 0.570. The van der Waals surface area contributed by atoms with Gasteiger partial charge < -0.3 is 9.64 Å². The first-order valence-electron chi connectivity index (χ1n) is 9.37. The standard InChI is InChI=1S/C22H25ClN2O3/c1-15-12-24(21(26)19-5-4-6-20(23)11-19)13-16(2)25(15)14-17-7-9-18(10-8-17)22(27)28-3/h4-11,15-16H,12-14H2,1-3H3. The number of carbonyl (C=O) groups is 2. The van der Waals surface area contributed by atoms with Gasteiger partial charge in [0.2, 0.25) is 0 Å². The normalized spacial score (nSPS) is 20.1. The number of nitrogens with zero attached hydrogens (tertiary/aromatic N) is 2. The second-order valence-electron chi connectivity index (χ2n) is 7.28. The Balaban J connectivity index is 1.66. The molecular formula is C22H25ClN2O3. The Morgan fingerprint density at radius 2 is 1.68 bits per heavy atom. The molecule has 2 aromatic rings. The van der Waals surface area contributed by atoms with Gasteiger partial charge in [-0.05, 0) is 49.7 Å². The number of rotatable bonds is 4. The molecule has 148 valence electrons. The Labute approximate surface area is 170 Å². The van der Waals surface area contributed by atoms with Crippen molar-refractivity contribution in [3.05, 3.63) is 70.2 Å². The number of esters is 1. The molecule has 6 heteroatoms. The molecule has 2 aromatic carbocycles. The van der Waals surface area contributed by atoms with Crippen LogP contribution in [0.15, 0.2) is 48.5 Å². The lowest BCUT2D eigenvalue weighted by Crippen LogP contribution is -2.57. The van der Waals surface area contributed by atoms with E-state index in [2.05, 4.69) is 18.7 Å². The summed E-state index contributed by atoms with van der Waals surface area (Å²) in [5.41, 5.74) is 2.30. The molecule has 0 bridgehead atoms. The third-order valence-electron chi connectivity index (χ3n) is 5.20. The number of methoxy groups -OCH3 is 1. The minimum atomic E-state index is -0.332. The topological polar surface area (TPSA) is 49.9 Å². The molecule has 5 nitrogen and oxygen atoms in total. The highest BCUT2D eigenvalue weighted by molar-refractivity contribution is 6.30. The van der Waals surface area contributed by atoms with Gasteiger partial charge in [-0.25, -0.2) is 4.79 Å². The Morgan fingerprint density at radius 3 is 2.25 bits per heavy atom.